The van der Waals surface area contributed by atoms with Gasteiger partial charge in [-0.3, -0.25) is 0 Å². The SMILES string of the molecule is COc1ccc(N)c(Nc2ccccc2N(C)C)c1. The molecule has 2 aromatic carbocycles. The third kappa shape index (κ3) is 2.91. The lowest BCUT2D eigenvalue weighted by Gasteiger charge is -2.19. The number of para-hydroxylation sites is 2. The molecule has 4 heteroatoms. The normalized spacial score (nSPS) is 10.1. The maximum absolute atomic E-state index is 5.99. The van der Waals surface area contributed by atoms with Gasteiger partial charge in [0, 0.05) is 20.2 Å². The van der Waals surface area contributed by atoms with Crippen LogP contribution in [0.1, 0.15) is 0 Å². The molecule has 3 N–H and O–H groups in total. The van der Waals surface area contributed by atoms with Gasteiger partial charge in [-0.15, -0.1) is 0 Å². The zero-order valence-electron chi connectivity index (χ0n) is 11.5. The van der Waals surface area contributed by atoms with Crippen LogP contribution in [0.15, 0.2) is 42.5 Å². The van der Waals surface area contributed by atoms with Crippen molar-refractivity contribution in [3.8, 4) is 5.75 Å². The van der Waals surface area contributed by atoms with Crippen molar-refractivity contribution in [2.45, 2.75) is 0 Å². The predicted octanol–water partition coefficient (Wildman–Crippen LogP) is 3.09. The monoisotopic (exact) mass is 257 g/mol. The summed E-state index contributed by atoms with van der Waals surface area (Å²) in [5.41, 5.74) is 9.63. The third-order valence-electron chi connectivity index (χ3n) is 2.92. The minimum absolute atomic E-state index is 0.689. The van der Waals surface area contributed by atoms with Crippen LogP contribution in [0.25, 0.3) is 0 Å². The molecule has 2 aromatic rings. The van der Waals surface area contributed by atoms with Gasteiger partial charge in [-0.1, -0.05) is 12.1 Å². The van der Waals surface area contributed by atoms with Gasteiger partial charge in [-0.2, -0.15) is 0 Å². The Morgan fingerprint density at radius 3 is 2.47 bits per heavy atom. The molecule has 0 atom stereocenters. The Morgan fingerprint density at radius 2 is 1.79 bits per heavy atom. The summed E-state index contributed by atoms with van der Waals surface area (Å²) in [6.07, 6.45) is 0. The molecule has 0 fully saturated rings. The highest BCUT2D eigenvalue weighted by Gasteiger charge is 2.06. The highest BCUT2D eigenvalue weighted by atomic mass is 16.5. The van der Waals surface area contributed by atoms with Gasteiger partial charge in [0.2, 0.25) is 0 Å². The fourth-order valence-corrected chi connectivity index (χ4v) is 1.89. The fourth-order valence-electron chi connectivity index (χ4n) is 1.89. The van der Waals surface area contributed by atoms with Crippen LogP contribution in [0, 0.1) is 0 Å². The summed E-state index contributed by atoms with van der Waals surface area (Å²) < 4.78 is 5.22. The van der Waals surface area contributed by atoms with Crippen LogP contribution >= 0.6 is 0 Å². The molecule has 0 bridgehead atoms. The number of ether oxygens (including phenoxy) is 1. The Labute approximate surface area is 113 Å². The molecule has 0 heterocycles. The third-order valence-corrected chi connectivity index (χ3v) is 2.92. The highest BCUT2D eigenvalue weighted by molar-refractivity contribution is 5.80. The number of nitrogen functional groups attached to an aromatic ring is 1. The molecule has 0 spiro atoms. The van der Waals surface area contributed by atoms with Crippen molar-refractivity contribution < 1.29 is 4.74 Å². The summed E-state index contributed by atoms with van der Waals surface area (Å²) in [7, 11) is 5.66. The lowest BCUT2D eigenvalue weighted by Crippen LogP contribution is -2.11. The lowest BCUT2D eigenvalue weighted by molar-refractivity contribution is 0.415. The number of nitrogens with two attached hydrogens (primary N) is 1. The Balaban J connectivity index is 2.36. The molecule has 0 saturated carbocycles. The molecule has 0 aliphatic rings. The average molecular weight is 257 g/mol. The number of methoxy groups -OCH3 is 1. The Morgan fingerprint density at radius 1 is 1.05 bits per heavy atom. The van der Waals surface area contributed by atoms with Gasteiger partial charge in [-0.05, 0) is 24.3 Å². The zero-order valence-corrected chi connectivity index (χ0v) is 11.5. The predicted molar refractivity (Wildman–Crippen MR) is 81.5 cm³/mol. The van der Waals surface area contributed by atoms with E-state index in [1.807, 2.05) is 50.5 Å². The van der Waals surface area contributed by atoms with Crippen LogP contribution in [0.3, 0.4) is 0 Å². The van der Waals surface area contributed by atoms with E-state index >= 15 is 0 Å². The zero-order chi connectivity index (χ0) is 13.8. The number of anilines is 4. The topological polar surface area (TPSA) is 50.5 Å². The molecule has 0 unspecified atom stereocenters. The molecule has 19 heavy (non-hydrogen) atoms. The van der Waals surface area contributed by atoms with E-state index in [4.69, 9.17) is 10.5 Å². The summed E-state index contributed by atoms with van der Waals surface area (Å²) in [4.78, 5) is 2.05. The molecule has 0 aliphatic heterocycles. The van der Waals surface area contributed by atoms with Crippen molar-refractivity contribution >= 4 is 22.7 Å². The van der Waals surface area contributed by atoms with E-state index < -0.39 is 0 Å². The molecule has 2 rings (SSSR count). The summed E-state index contributed by atoms with van der Waals surface area (Å²) in [5, 5.41) is 3.35. The Kier molecular flexibility index (Phi) is 3.80. The van der Waals surface area contributed by atoms with Crippen molar-refractivity contribution in [2.24, 2.45) is 0 Å². The first kappa shape index (κ1) is 13.1. The lowest BCUT2D eigenvalue weighted by atomic mass is 10.2. The largest absolute Gasteiger partial charge is 0.497 e. The van der Waals surface area contributed by atoms with E-state index in [-0.39, 0.29) is 0 Å². The quantitative estimate of drug-likeness (QED) is 0.826. The second-order valence-electron chi connectivity index (χ2n) is 4.49. The van der Waals surface area contributed by atoms with E-state index in [9.17, 15) is 0 Å². The molecule has 100 valence electrons. The molecular weight excluding hydrogens is 238 g/mol. The van der Waals surface area contributed by atoms with Crippen LogP contribution in [0.4, 0.5) is 22.7 Å². The molecule has 0 amide bonds. The maximum atomic E-state index is 5.99. The number of hydrogen-bond acceptors (Lipinski definition) is 4. The summed E-state index contributed by atoms with van der Waals surface area (Å²) in [5.74, 6) is 0.777. The summed E-state index contributed by atoms with van der Waals surface area (Å²) >= 11 is 0. The first-order valence-corrected chi connectivity index (χ1v) is 6.08. The van der Waals surface area contributed by atoms with Crippen molar-refractivity contribution in [1.82, 2.24) is 0 Å². The van der Waals surface area contributed by atoms with Gasteiger partial charge in [0.25, 0.3) is 0 Å². The second kappa shape index (κ2) is 5.52. The second-order valence-corrected chi connectivity index (χ2v) is 4.49. The van der Waals surface area contributed by atoms with Gasteiger partial charge in [0.1, 0.15) is 5.75 Å². The minimum Gasteiger partial charge on any atom is -0.497 e. The number of nitrogens with one attached hydrogen (secondary N) is 1. The van der Waals surface area contributed by atoms with Crippen molar-refractivity contribution in [1.29, 1.82) is 0 Å². The van der Waals surface area contributed by atoms with Gasteiger partial charge in [0.05, 0.1) is 29.9 Å². The van der Waals surface area contributed by atoms with Crippen LogP contribution < -0.4 is 20.7 Å². The maximum Gasteiger partial charge on any atom is 0.121 e. The Bertz CT molecular complexity index is 567. The van der Waals surface area contributed by atoms with E-state index in [1.165, 1.54) is 0 Å². The van der Waals surface area contributed by atoms with E-state index in [2.05, 4.69) is 16.3 Å². The van der Waals surface area contributed by atoms with E-state index in [1.54, 1.807) is 7.11 Å². The molecular formula is C15H19N3O. The van der Waals surface area contributed by atoms with E-state index in [0.717, 1.165) is 22.8 Å². The van der Waals surface area contributed by atoms with Gasteiger partial charge in [0.15, 0.2) is 0 Å². The van der Waals surface area contributed by atoms with Crippen LogP contribution in [-0.4, -0.2) is 21.2 Å². The van der Waals surface area contributed by atoms with E-state index in [0.29, 0.717) is 5.69 Å². The molecule has 0 radical (unpaired) electrons. The molecule has 0 aromatic heterocycles. The van der Waals surface area contributed by atoms with Crippen molar-refractivity contribution in [3.05, 3.63) is 42.5 Å². The first-order chi connectivity index (χ1) is 9.11. The van der Waals surface area contributed by atoms with Gasteiger partial charge in [-0.25, -0.2) is 0 Å². The Hall–Kier alpha value is -2.36. The molecule has 4 nitrogen and oxygen atoms in total. The van der Waals surface area contributed by atoms with Gasteiger partial charge >= 0.3 is 0 Å². The van der Waals surface area contributed by atoms with Crippen molar-refractivity contribution in [2.75, 3.05) is 37.2 Å². The smallest absolute Gasteiger partial charge is 0.121 e. The highest BCUT2D eigenvalue weighted by Crippen LogP contribution is 2.31. The van der Waals surface area contributed by atoms with Crippen LogP contribution in [-0.2, 0) is 0 Å². The summed E-state index contributed by atoms with van der Waals surface area (Å²) in [6.45, 7) is 0. The fraction of sp³-hybridized carbons (Fsp3) is 0.200. The molecule has 0 aliphatic carbocycles. The summed E-state index contributed by atoms with van der Waals surface area (Å²) in [6, 6.07) is 13.6. The average Bonchev–Trinajstić information content (AvgIpc) is 2.41. The number of hydrogen-bond donors (Lipinski definition) is 2. The minimum atomic E-state index is 0.689. The van der Waals surface area contributed by atoms with Gasteiger partial charge < -0.3 is 20.7 Å². The number of benzene rings is 2. The standard InChI is InChI=1S/C15H19N3O/c1-18(2)15-7-5-4-6-13(15)17-14-10-11(19-3)8-9-12(14)16/h4-10,17H,16H2,1-3H3. The first-order valence-electron chi connectivity index (χ1n) is 6.08. The number of nitrogens with zero attached hydrogens (tertiary/aromatic N) is 1. The van der Waals surface area contributed by atoms with Crippen LogP contribution in [0.5, 0.6) is 5.75 Å². The number of rotatable bonds is 4. The van der Waals surface area contributed by atoms with Crippen molar-refractivity contribution in [3.63, 3.8) is 0 Å². The van der Waals surface area contributed by atoms with Crippen LogP contribution in [0.2, 0.25) is 0 Å². The molecule has 0 saturated heterocycles.